The Balaban J connectivity index is 2.72. The van der Waals surface area contributed by atoms with E-state index in [9.17, 15) is 9.90 Å². The number of likely N-dealkylation sites (N-methyl/N-ethyl adjacent to an activating group) is 1. The minimum atomic E-state index is -0.872. The Morgan fingerprint density at radius 2 is 2.16 bits per heavy atom. The summed E-state index contributed by atoms with van der Waals surface area (Å²) in [5.41, 5.74) is 0.714. The maximum absolute atomic E-state index is 11.0. The van der Waals surface area contributed by atoms with Gasteiger partial charge in [-0.15, -0.1) is 0 Å². The predicted molar refractivity (Wildman–Crippen MR) is 72.3 cm³/mol. The summed E-state index contributed by atoms with van der Waals surface area (Å²) in [7, 11) is 3.26. The maximum Gasteiger partial charge on any atom is 0.320 e. The molecule has 2 unspecified atom stereocenters. The second-order valence-corrected chi connectivity index (χ2v) is 4.49. The number of hydrogen-bond donors (Lipinski definition) is 2. The summed E-state index contributed by atoms with van der Waals surface area (Å²) in [5.74, 6) is -0.202. The highest BCUT2D eigenvalue weighted by Gasteiger charge is 2.23. The van der Waals surface area contributed by atoms with Crippen molar-refractivity contribution in [3.8, 4) is 5.75 Å². The van der Waals surface area contributed by atoms with E-state index >= 15 is 0 Å². The molecule has 0 spiro atoms. The Labute approximate surface area is 113 Å². The highest BCUT2D eigenvalue weighted by atomic mass is 16.5. The lowest BCUT2D eigenvalue weighted by atomic mass is 10.1. The van der Waals surface area contributed by atoms with Gasteiger partial charge in [-0.25, -0.2) is 0 Å². The van der Waals surface area contributed by atoms with Gasteiger partial charge in [0.25, 0.3) is 0 Å². The predicted octanol–water partition coefficient (Wildman–Crippen LogP) is 1.52. The van der Waals surface area contributed by atoms with Crippen molar-refractivity contribution in [3.63, 3.8) is 0 Å². The monoisotopic (exact) mass is 267 g/mol. The van der Waals surface area contributed by atoms with Gasteiger partial charge in [0.2, 0.25) is 0 Å². The van der Waals surface area contributed by atoms with Crippen molar-refractivity contribution < 1.29 is 19.7 Å². The summed E-state index contributed by atoms with van der Waals surface area (Å²) >= 11 is 0. The number of carbonyl (C=O) groups is 1. The molecule has 0 bridgehead atoms. The van der Waals surface area contributed by atoms with Gasteiger partial charge in [0.15, 0.2) is 0 Å². The Hall–Kier alpha value is -1.59. The molecule has 0 radical (unpaired) electrons. The van der Waals surface area contributed by atoms with E-state index in [-0.39, 0.29) is 6.54 Å². The van der Waals surface area contributed by atoms with Crippen molar-refractivity contribution in [2.24, 2.45) is 0 Å². The molecule has 1 rings (SSSR count). The molecule has 2 atom stereocenters. The van der Waals surface area contributed by atoms with Gasteiger partial charge >= 0.3 is 5.97 Å². The van der Waals surface area contributed by atoms with E-state index in [4.69, 9.17) is 9.84 Å². The highest BCUT2D eigenvalue weighted by Crippen LogP contribution is 2.20. The molecule has 0 saturated carbocycles. The number of carboxylic acid groups (broad SMARTS) is 1. The van der Waals surface area contributed by atoms with E-state index in [1.54, 1.807) is 43.3 Å². The summed E-state index contributed by atoms with van der Waals surface area (Å²) in [4.78, 5) is 12.7. The van der Waals surface area contributed by atoms with Crippen LogP contribution in [-0.2, 0) is 4.79 Å². The molecule has 5 heteroatoms. The molecule has 0 heterocycles. The van der Waals surface area contributed by atoms with Gasteiger partial charge in [-0.3, -0.25) is 9.69 Å². The summed E-state index contributed by atoms with van der Waals surface area (Å²) in [6.45, 7) is 2.07. The van der Waals surface area contributed by atoms with Crippen LogP contribution >= 0.6 is 0 Å². The van der Waals surface area contributed by atoms with Crippen LogP contribution in [0, 0.1) is 0 Å². The lowest BCUT2D eigenvalue weighted by Crippen LogP contribution is -2.40. The fourth-order valence-corrected chi connectivity index (χ4v) is 2.03. The maximum atomic E-state index is 11.0. The lowest BCUT2D eigenvalue weighted by Gasteiger charge is -2.26. The summed E-state index contributed by atoms with van der Waals surface area (Å²) in [5, 5.41) is 19.2. The number of methoxy groups -OCH3 is 1. The first-order valence-electron chi connectivity index (χ1n) is 6.24. The zero-order valence-electron chi connectivity index (χ0n) is 11.5. The van der Waals surface area contributed by atoms with Crippen molar-refractivity contribution in [1.29, 1.82) is 0 Å². The summed E-state index contributed by atoms with van der Waals surface area (Å²) in [6.07, 6.45) is -0.245. The Kier molecular flexibility index (Phi) is 5.79. The van der Waals surface area contributed by atoms with Gasteiger partial charge in [-0.1, -0.05) is 19.1 Å². The molecule has 0 fully saturated rings. The fraction of sp³-hybridized carbons (Fsp3) is 0.500. The average molecular weight is 267 g/mol. The Morgan fingerprint density at radius 1 is 1.47 bits per heavy atom. The number of rotatable bonds is 7. The highest BCUT2D eigenvalue weighted by molar-refractivity contribution is 5.73. The lowest BCUT2D eigenvalue weighted by molar-refractivity contribution is -0.143. The van der Waals surface area contributed by atoms with Crippen LogP contribution < -0.4 is 4.74 Å². The molecule has 1 aromatic rings. The van der Waals surface area contributed by atoms with Crippen LogP contribution in [0.15, 0.2) is 24.3 Å². The van der Waals surface area contributed by atoms with Crippen LogP contribution in [0.3, 0.4) is 0 Å². The molecule has 0 aliphatic heterocycles. The van der Waals surface area contributed by atoms with Crippen molar-refractivity contribution in [3.05, 3.63) is 29.8 Å². The second-order valence-electron chi connectivity index (χ2n) is 4.49. The third-order valence-electron chi connectivity index (χ3n) is 3.14. The van der Waals surface area contributed by atoms with Gasteiger partial charge in [0.1, 0.15) is 11.8 Å². The van der Waals surface area contributed by atoms with Crippen LogP contribution in [0.25, 0.3) is 0 Å². The average Bonchev–Trinajstić information content (AvgIpc) is 2.39. The first-order chi connectivity index (χ1) is 8.99. The van der Waals surface area contributed by atoms with Crippen LogP contribution in [0.4, 0.5) is 0 Å². The van der Waals surface area contributed by atoms with Gasteiger partial charge < -0.3 is 14.9 Å². The molecular weight excluding hydrogens is 246 g/mol. The SMILES string of the molecule is CCC(C(=O)O)N(C)CC(O)c1cccc(OC)c1. The van der Waals surface area contributed by atoms with Gasteiger partial charge in [0.05, 0.1) is 13.2 Å². The van der Waals surface area contributed by atoms with Gasteiger partial charge in [-0.2, -0.15) is 0 Å². The quantitative estimate of drug-likeness (QED) is 0.784. The number of hydrogen-bond acceptors (Lipinski definition) is 4. The minimum absolute atomic E-state index is 0.262. The fourth-order valence-electron chi connectivity index (χ4n) is 2.03. The van der Waals surface area contributed by atoms with Crippen molar-refractivity contribution in [2.45, 2.75) is 25.5 Å². The molecule has 0 aliphatic carbocycles. The normalized spacial score (nSPS) is 14.2. The third-order valence-corrected chi connectivity index (χ3v) is 3.14. The third kappa shape index (κ3) is 4.22. The Bertz CT molecular complexity index is 422. The van der Waals surface area contributed by atoms with E-state index in [0.717, 1.165) is 0 Å². The molecule has 2 N–H and O–H groups in total. The molecule has 19 heavy (non-hydrogen) atoms. The van der Waals surface area contributed by atoms with Crippen molar-refractivity contribution in [2.75, 3.05) is 20.7 Å². The van der Waals surface area contributed by atoms with Crippen LogP contribution in [0.1, 0.15) is 25.0 Å². The molecule has 5 nitrogen and oxygen atoms in total. The van der Waals surface area contributed by atoms with Crippen LogP contribution in [0.2, 0.25) is 0 Å². The van der Waals surface area contributed by atoms with E-state index in [1.807, 2.05) is 6.92 Å². The summed E-state index contributed by atoms with van der Waals surface area (Å²) < 4.78 is 5.10. The van der Waals surface area contributed by atoms with E-state index in [2.05, 4.69) is 0 Å². The number of nitrogens with zero attached hydrogens (tertiary/aromatic N) is 1. The number of ether oxygens (including phenoxy) is 1. The molecule has 0 aliphatic rings. The van der Waals surface area contributed by atoms with Crippen LogP contribution in [0.5, 0.6) is 5.75 Å². The summed E-state index contributed by atoms with van der Waals surface area (Å²) in [6, 6.07) is 6.56. The second kappa shape index (κ2) is 7.11. The molecule has 0 amide bonds. The number of carboxylic acids is 1. The molecule has 1 aromatic carbocycles. The number of benzene rings is 1. The van der Waals surface area contributed by atoms with E-state index < -0.39 is 18.1 Å². The molecule has 0 aromatic heterocycles. The van der Waals surface area contributed by atoms with E-state index in [0.29, 0.717) is 17.7 Å². The zero-order valence-corrected chi connectivity index (χ0v) is 11.5. The standard InChI is InChI=1S/C14H21NO4/c1-4-12(14(17)18)15(2)9-13(16)10-6-5-7-11(8-10)19-3/h5-8,12-13,16H,4,9H2,1-3H3,(H,17,18). The van der Waals surface area contributed by atoms with Crippen LogP contribution in [-0.4, -0.2) is 47.8 Å². The van der Waals surface area contributed by atoms with Gasteiger partial charge in [-0.05, 0) is 31.2 Å². The van der Waals surface area contributed by atoms with Gasteiger partial charge in [0, 0.05) is 6.54 Å². The molecule has 106 valence electrons. The van der Waals surface area contributed by atoms with E-state index in [1.165, 1.54) is 0 Å². The molecular formula is C14H21NO4. The molecule has 0 saturated heterocycles. The largest absolute Gasteiger partial charge is 0.497 e. The van der Waals surface area contributed by atoms with Crippen molar-refractivity contribution >= 4 is 5.97 Å². The zero-order chi connectivity index (χ0) is 14.4. The smallest absolute Gasteiger partial charge is 0.320 e. The minimum Gasteiger partial charge on any atom is -0.497 e. The number of aliphatic hydroxyl groups is 1. The Morgan fingerprint density at radius 3 is 2.68 bits per heavy atom. The number of aliphatic carboxylic acids is 1. The first-order valence-corrected chi connectivity index (χ1v) is 6.24. The van der Waals surface area contributed by atoms with Crippen molar-refractivity contribution in [1.82, 2.24) is 4.90 Å². The number of aliphatic hydroxyl groups excluding tert-OH is 1. The first kappa shape index (κ1) is 15.5. The topological polar surface area (TPSA) is 70.0 Å².